The summed E-state index contributed by atoms with van der Waals surface area (Å²) in [4.78, 5) is 74.6. The standard InChI is InChI=1S/C33H34N4O9/c1-4-33(44,35-32(43)45-18-25-22-13-7-5-11-20(22)21-12-6-8-14-23(21)25)31(42)46-30(41)24-15-9-10-16-26(24)34-27(38)17-28(39)36-37-29(40)19(2)3/h5-16,19,25,44H,4,17-18H2,1-3H3,(H,34,38)(H,35,43)(H,36,39)(H,37,40)/t33-/m1/s1. The molecule has 3 aromatic carbocycles. The van der Waals surface area contributed by atoms with Crippen LogP contribution in [0.2, 0.25) is 0 Å². The number of rotatable bonds is 10. The van der Waals surface area contributed by atoms with E-state index < -0.39 is 53.8 Å². The summed E-state index contributed by atoms with van der Waals surface area (Å²) >= 11 is 0. The highest BCUT2D eigenvalue weighted by Gasteiger charge is 2.40. The first-order chi connectivity index (χ1) is 21.9. The zero-order chi connectivity index (χ0) is 33.4. The Labute approximate surface area is 264 Å². The van der Waals surface area contributed by atoms with Crippen molar-refractivity contribution in [3.05, 3.63) is 89.5 Å². The number of nitrogens with one attached hydrogen (secondary N) is 4. The molecule has 0 bridgehead atoms. The summed E-state index contributed by atoms with van der Waals surface area (Å²) in [6, 6.07) is 20.9. The molecule has 0 saturated heterocycles. The van der Waals surface area contributed by atoms with E-state index in [4.69, 9.17) is 9.47 Å². The number of hydrazine groups is 1. The quantitative estimate of drug-likeness (QED) is 0.0970. The molecule has 0 unspecified atom stereocenters. The van der Waals surface area contributed by atoms with Gasteiger partial charge < -0.3 is 19.9 Å². The first-order valence-corrected chi connectivity index (χ1v) is 14.5. The number of hydrogen-bond donors (Lipinski definition) is 5. The third-order valence-corrected chi connectivity index (χ3v) is 7.28. The molecule has 240 valence electrons. The Morgan fingerprint density at radius 3 is 2.02 bits per heavy atom. The molecule has 0 fully saturated rings. The van der Waals surface area contributed by atoms with Crippen molar-refractivity contribution in [1.29, 1.82) is 0 Å². The maximum Gasteiger partial charge on any atom is 0.409 e. The largest absolute Gasteiger partial charge is 0.448 e. The Balaban J connectivity index is 1.35. The minimum absolute atomic E-state index is 0.0805. The van der Waals surface area contributed by atoms with Crippen LogP contribution >= 0.6 is 0 Å². The highest BCUT2D eigenvalue weighted by molar-refractivity contribution is 6.08. The zero-order valence-corrected chi connectivity index (χ0v) is 25.4. The number of alkyl carbamates (subject to hydrolysis) is 1. The average Bonchev–Trinajstić information content (AvgIpc) is 3.36. The van der Waals surface area contributed by atoms with Crippen molar-refractivity contribution < 1.29 is 43.3 Å². The van der Waals surface area contributed by atoms with Gasteiger partial charge in [-0.3, -0.25) is 30.6 Å². The summed E-state index contributed by atoms with van der Waals surface area (Å²) in [5.41, 5.74) is 5.29. The van der Waals surface area contributed by atoms with Crippen LogP contribution in [0.1, 0.15) is 61.0 Å². The average molecular weight is 631 g/mol. The first kappa shape index (κ1) is 33.3. The number of anilines is 1. The number of amides is 4. The number of esters is 2. The molecular weight excluding hydrogens is 596 g/mol. The fourth-order valence-electron chi connectivity index (χ4n) is 4.74. The van der Waals surface area contributed by atoms with Gasteiger partial charge in [-0.2, -0.15) is 0 Å². The summed E-state index contributed by atoms with van der Waals surface area (Å²) in [6.45, 7) is 4.54. The van der Waals surface area contributed by atoms with Crippen molar-refractivity contribution >= 4 is 41.4 Å². The van der Waals surface area contributed by atoms with Crippen molar-refractivity contribution in [3.8, 4) is 11.1 Å². The minimum atomic E-state index is -2.62. The van der Waals surface area contributed by atoms with Crippen molar-refractivity contribution in [2.45, 2.75) is 45.3 Å². The Kier molecular flexibility index (Phi) is 10.5. The van der Waals surface area contributed by atoms with Crippen LogP contribution in [0.5, 0.6) is 0 Å². The number of ether oxygens (including phenoxy) is 2. The summed E-state index contributed by atoms with van der Waals surface area (Å²) in [5, 5.41) is 15.4. The number of benzene rings is 3. The number of fused-ring (bicyclic) bond motifs is 3. The lowest BCUT2D eigenvalue weighted by atomic mass is 9.98. The van der Waals surface area contributed by atoms with Gasteiger partial charge in [-0.05, 0) is 34.4 Å². The van der Waals surface area contributed by atoms with Crippen LogP contribution in [0.15, 0.2) is 72.8 Å². The van der Waals surface area contributed by atoms with Gasteiger partial charge in [0.25, 0.3) is 0 Å². The maximum atomic E-state index is 12.9. The van der Waals surface area contributed by atoms with Gasteiger partial charge in [-0.25, -0.2) is 14.4 Å². The Hall–Kier alpha value is -5.56. The molecule has 1 atom stereocenters. The van der Waals surface area contributed by atoms with Gasteiger partial charge in [-0.15, -0.1) is 0 Å². The van der Waals surface area contributed by atoms with E-state index in [1.165, 1.54) is 31.2 Å². The smallest absolute Gasteiger partial charge is 0.409 e. The Morgan fingerprint density at radius 1 is 0.826 bits per heavy atom. The van der Waals surface area contributed by atoms with Gasteiger partial charge in [0.05, 0.1) is 11.3 Å². The highest BCUT2D eigenvalue weighted by Crippen LogP contribution is 2.44. The Morgan fingerprint density at radius 2 is 1.41 bits per heavy atom. The molecule has 4 amide bonds. The lowest BCUT2D eigenvalue weighted by molar-refractivity contribution is -0.162. The second-order valence-electron chi connectivity index (χ2n) is 10.8. The predicted octanol–water partition coefficient (Wildman–Crippen LogP) is 3.14. The third-order valence-electron chi connectivity index (χ3n) is 7.28. The molecule has 0 radical (unpaired) electrons. The molecular formula is C33H34N4O9. The van der Waals surface area contributed by atoms with E-state index in [1.807, 2.05) is 48.5 Å². The summed E-state index contributed by atoms with van der Waals surface area (Å²) < 4.78 is 10.3. The van der Waals surface area contributed by atoms with Gasteiger partial charge in [-0.1, -0.05) is 81.4 Å². The van der Waals surface area contributed by atoms with Crippen LogP contribution < -0.4 is 21.5 Å². The van der Waals surface area contributed by atoms with Crippen molar-refractivity contribution in [3.63, 3.8) is 0 Å². The second kappa shape index (κ2) is 14.5. The first-order valence-electron chi connectivity index (χ1n) is 14.5. The number of hydrogen-bond acceptors (Lipinski definition) is 9. The normalized spacial score (nSPS) is 13.0. The molecule has 0 saturated carbocycles. The molecule has 3 aromatic rings. The van der Waals surface area contributed by atoms with E-state index in [-0.39, 0.29) is 30.2 Å². The lowest BCUT2D eigenvalue weighted by Crippen LogP contribution is -2.55. The summed E-state index contributed by atoms with van der Waals surface area (Å²) in [7, 11) is 0. The van der Waals surface area contributed by atoms with E-state index in [1.54, 1.807) is 13.8 Å². The van der Waals surface area contributed by atoms with E-state index >= 15 is 0 Å². The lowest BCUT2D eigenvalue weighted by Gasteiger charge is -2.25. The van der Waals surface area contributed by atoms with Gasteiger partial charge in [0.1, 0.15) is 13.0 Å². The monoisotopic (exact) mass is 630 g/mol. The predicted molar refractivity (Wildman–Crippen MR) is 165 cm³/mol. The fourth-order valence-corrected chi connectivity index (χ4v) is 4.74. The molecule has 0 aliphatic heterocycles. The Bertz CT molecular complexity index is 1630. The van der Waals surface area contributed by atoms with Crippen LogP contribution in [0.3, 0.4) is 0 Å². The number of aliphatic hydroxyl groups is 1. The van der Waals surface area contributed by atoms with E-state index in [0.717, 1.165) is 22.3 Å². The summed E-state index contributed by atoms with van der Waals surface area (Å²) in [6.07, 6.45) is -2.17. The molecule has 0 spiro atoms. The van der Waals surface area contributed by atoms with Gasteiger partial charge in [0, 0.05) is 18.3 Å². The van der Waals surface area contributed by atoms with Crippen LogP contribution in [-0.4, -0.2) is 53.2 Å². The molecule has 13 nitrogen and oxygen atoms in total. The highest BCUT2D eigenvalue weighted by atomic mass is 16.6. The van der Waals surface area contributed by atoms with Crippen molar-refractivity contribution in [1.82, 2.24) is 16.2 Å². The molecule has 4 rings (SSSR count). The molecule has 46 heavy (non-hydrogen) atoms. The SMILES string of the molecule is CC[C@](O)(NC(=O)OCC1c2ccccc2-c2ccccc21)C(=O)OC(=O)c1ccccc1NC(=O)CC(=O)NNC(=O)C(C)C. The third kappa shape index (κ3) is 7.74. The van der Waals surface area contributed by atoms with Crippen LogP contribution in [0.25, 0.3) is 11.1 Å². The molecule has 5 N–H and O–H groups in total. The molecule has 0 aromatic heterocycles. The maximum absolute atomic E-state index is 12.9. The van der Waals surface area contributed by atoms with Crippen molar-refractivity contribution in [2.24, 2.45) is 5.92 Å². The summed E-state index contributed by atoms with van der Waals surface area (Å²) in [5.74, 6) is -5.47. The van der Waals surface area contributed by atoms with E-state index in [2.05, 4.69) is 21.5 Å². The van der Waals surface area contributed by atoms with Crippen LogP contribution in [0, 0.1) is 5.92 Å². The number of carbonyl (C=O) groups excluding carboxylic acids is 6. The second-order valence-corrected chi connectivity index (χ2v) is 10.8. The molecule has 1 aliphatic carbocycles. The number of para-hydroxylation sites is 1. The van der Waals surface area contributed by atoms with E-state index in [0.29, 0.717) is 0 Å². The van der Waals surface area contributed by atoms with Crippen LogP contribution in [0.4, 0.5) is 10.5 Å². The number of carbonyl (C=O) groups is 6. The molecule has 1 aliphatic rings. The van der Waals surface area contributed by atoms with Gasteiger partial charge in [0.2, 0.25) is 23.4 Å². The van der Waals surface area contributed by atoms with Gasteiger partial charge in [0.15, 0.2) is 0 Å². The minimum Gasteiger partial charge on any atom is -0.448 e. The van der Waals surface area contributed by atoms with Gasteiger partial charge >= 0.3 is 18.0 Å². The molecule has 13 heteroatoms. The van der Waals surface area contributed by atoms with Crippen LogP contribution in [-0.2, 0) is 28.7 Å². The van der Waals surface area contributed by atoms with Crippen molar-refractivity contribution in [2.75, 3.05) is 11.9 Å². The topological polar surface area (TPSA) is 189 Å². The molecule has 0 heterocycles. The zero-order valence-electron chi connectivity index (χ0n) is 25.4. The fraction of sp³-hybridized carbons (Fsp3) is 0.273. The van der Waals surface area contributed by atoms with E-state index in [9.17, 15) is 33.9 Å².